The van der Waals surface area contributed by atoms with Crippen molar-refractivity contribution in [1.29, 1.82) is 0 Å². The summed E-state index contributed by atoms with van der Waals surface area (Å²) in [7, 11) is -3.00. The van der Waals surface area contributed by atoms with E-state index in [1.165, 1.54) is 22.3 Å². The third kappa shape index (κ3) is 5.60. The molecule has 4 heteroatoms. The lowest BCUT2D eigenvalue weighted by Crippen LogP contribution is -2.29. The van der Waals surface area contributed by atoms with Crippen LogP contribution >= 0.6 is 0 Å². The summed E-state index contributed by atoms with van der Waals surface area (Å²) in [4.78, 5) is 12.8. The van der Waals surface area contributed by atoms with Crippen LogP contribution in [0.2, 0.25) is 0 Å². The summed E-state index contributed by atoms with van der Waals surface area (Å²) in [5.41, 5.74) is 5.99. The van der Waals surface area contributed by atoms with Crippen LogP contribution in [0.1, 0.15) is 56.2 Å². The van der Waals surface area contributed by atoms with Gasteiger partial charge in [-0.15, -0.1) is 0 Å². The number of hydrogen-bond donors (Lipinski definition) is 0. The molecular formula is C26H34O3S. The Kier molecular flexibility index (Phi) is 7.18. The first-order valence-corrected chi connectivity index (χ1v) is 12.8. The Morgan fingerprint density at radius 3 is 2.07 bits per heavy atom. The Balaban J connectivity index is 1.55. The van der Waals surface area contributed by atoms with Crippen molar-refractivity contribution in [2.24, 2.45) is 11.8 Å². The zero-order valence-electron chi connectivity index (χ0n) is 18.6. The standard InChI is InChI=1S/C26H34O3S/c1-18(2)30(28,29)17-22-8-13-24(14-9-22)26(27)16-21-6-11-23(12-7-21)25-10-5-19(3)20(4)15-25/h5-7,10-12,15,18,22,24H,8-9,13-14,16-17H2,1-4H3. The summed E-state index contributed by atoms with van der Waals surface area (Å²) in [5.74, 6) is 0.839. The molecule has 0 saturated heterocycles. The Labute approximate surface area is 181 Å². The molecule has 1 fully saturated rings. The minimum Gasteiger partial charge on any atom is -0.299 e. The maximum absolute atomic E-state index is 12.8. The van der Waals surface area contributed by atoms with Gasteiger partial charge in [0.25, 0.3) is 0 Å². The smallest absolute Gasteiger partial charge is 0.152 e. The van der Waals surface area contributed by atoms with Crippen LogP contribution < -0.4 is 0 Å². The Morgan fingerprint density at radius 1 is 0.900 bits per heavy atom. The molecule has 0 aliphatic heterocycles. The molecule has 0 N–H and O–H groups in total. The van der Waals surface area contributed by atoms with Gasteiger partial charge < -0.3 is 0 Å². The molecule has 0 atom stereocenters. The fourth-order valence-electron chi connectivity index (χ4n) is 4.25. The van der Waals surface area contributed by atoms with Crippen molar-refractivity contribution in [2.45, 2.75) is 65.0 Å². The second-order valence-corrected chi connectivity index (χ2v) is 11.8. The van der Waals surface area contributed by atoms with Crippen molar-refractivity contribution in [3.05, 3.63) is 59.2 Å². The summed E-state index contributed by atoms with van der Waals surface area (Å²) < 4.78 is 24.3. The van der Waals surface area contributed by atoms with Crippen molar-refractivity contribution in [3.63, 3.8) is 0 Å². The van der Waals surface area contributed by atoms with Gasteiger partial charge in [-0.05, 0) is 87.1 Å². The van der Waals surface area contributed by atoms with Crippen LogP contribution in [0.5, 0.6) is 0 Å². The second-order valence-electron chi connectivity index (χ2n) is 9.23. The average Bonchev–Trinajstić information content (AvgIpc) is 2.71. The van der Waals surface area contributed by atoms with Crippen molar-refractivity contribution < 1.29 is 13.2 Å². The molecule has 0 bridgehead atoms. The normalized spacial score (nSPS) is 19.8. The van der Waals surface area contributed by atoms with Crippen molar-refractivity contribution in [2.75, 3.05) is 5.75 Å². The molecule has 2 aromatic carbocycles. The van der Waals surface area contributed by atoms with E-state index in [1.54, 1.807) is 13.8 Å². The first kappa shape index (κ1) is 22.7. The van der Waals surface area contributed by atoms with E-state index < -0.39 is 9.84 Å². The SMILES string of the molecule is Cc1ccc(-c2ccc(CC(=O)C3CCC(CS(=O)(=O)C(C)C)CC3)cc2)cc1C. The number of carbonyl (C=O) groups is 1. The number of rotatable bonds is 7. The summed E-state index contributed by atoms with van der Waals surface area (Å²) in [6, 6.07) is 14.8. The van der Waals surface area contributed by atoms with E-state index in [-0.39, 0.29) is 22.8 Å². The zero-order valence-corrected chi connectivity index (χ0v) is 19.5. The minimum atomic E-state index is -3.00. The first-order chi connectivity index (χ1) is 14.2. The Hall–Kier alpha value is -1.94. The number of Topliss-reactive ketones (excluding diaryl/α,β-unsaturated/α-hetero) is 1. The van der Waals surface area contributed by atoms with Crippen LogP contribution in [0, 0.1) is 25.7 Å². The van der Waals surface area contributed by atoms with E-state index in [2.05, 4.69) is 56.3 Å². The molecule has 30 heavy (non-hydrogen) atoms. The fourth-order valence-corrected chi connectivity index (χ4v) is 5.63. The maximum Gasteiger partial charge on any atom is 0.152 e. The highest BCUT2D eigenvalue weighted by molar-refractivity contribution is 7.91. The lowest BCUT2D eigenvalue weighted by Gasteiger charge is -2.28. The van der Waals surface area contributed by atoms with Gasteiger partial charge in [-0.3, -0.25) is 4.79 Å². The molecule has 0 radical (unpaired) electrons. The van der Waals surface area contributed by atoms with E-state index in [1.807, 2.05) is 0 Å². The number of hydrogen-bond acceptors (Lipinski definition) is 3. The summed E-state index contributed by atoms with van der Waals surface area (Å²) in [6.07, 6.45) is 3.78. The quantitative estimate of drug-likeness (QED) is 0.570. The van der Waals surface area contributed by atoms with Crippen molar-refractivity contribution in [1.82, 2.24) is 0 Å². The van der Waals surface area contributed by atoms with E-state index in [4.69, 9.17) is 0 Å². The largest absolute Gasteiger partial charge is 0.299 e. The van der Waals surface area contributed by atoms with E-state index in [0.717, 1.165) is 31.2 Å². The topological polar surface area (TPSA) is 51.2 Å². The number of carbonyl (C=O) groups excluding carboxylic acids is 1. The van der Waals surface area contributed by atoms with Gasteiger partial charge in [-0.25, -0.2) is 8.42 Å². The molecule has 0 spiro atoms. The number of ketones is 1. The number of sulfone groups is 1. The second kappa shape index (κ2) is 9.47. The van der Waals surface area contributed by atoms with Crippen LogP contribution in [0.15, 0.2) is 42.5 Å². The highest BCUT2D eigenvalue weighted by atomic mass is 32.2. The molecule has 0 heterocycles. The van der Waals surface area contributed by atoms with Crippen LogP contribution in [-0.4, -0.2) is 25.2 Å². The number of benzene rings is 2. The molecule has 2 aromatic rings. The lowest BCUT2D eigenvalue weighted by molar-refractivity contribution is -0.123. The van der Waals surface area contributed by atoms with Gasteiger partial charge in [0.05, 0.1) is 11.0 Å². The molecule has 3 nitrogen and oxygen atoms in total. The number of aryl methyl sites for hydroxylation is 2. The predicted octanol–water partition coefficient (Wildman–Crippen LogP) is 5.71. The van der Waals surface area contributed by atoms with Gasteiger partial charge in [-0.2, -0.15) is 0 Å². The van der Waals surface area contributed by atoms with Gasteiger partial charge in [0, 0.05) is 12.3 Å². The highest BCUT2D eigenvalue weighted by Crippen LogP contribution is 2.32. The molecule has 3 rings (SSSR count). The third-order valence-electron chi connectivity index (χ3n) is 6.66. The summed E-state index contributed by atoms with van der Waals surface area (Å²) in [6.45, 7) is 7.73. The van der Waals surface area contributed by atoms with E-state index in [0.29, 0.717) is 12.2 Å². The third-order valence-corrected chi connectivity index (χ3v) is 9.03. The van der Waals surface area contributed by atoms with Crippen LogP contribution in [0.25, 0.3) is 11.1 Å². The van der Waals surface area contributed by atoms with Gasteiger partial charge in [0.1, 0.15) is 5.78 Å². The maximum atomic E-state index is 12.8. The van der Waals surface area contributed by atoms with Crippen LogP contribution in [0.3, 0.4) is 0 Å². The molecule has 1 aliphatic rings. The molecule has 162 valence electrons. The zero-order chi connectivity index (χ0) is 21.9. The molecular weight excluding hydrogens is 392 g/mol. The van der Waals surface area contributed by atoms with Gasteiger partial charge >= 0.3 is 0 Å². The molecule has 1 saturated carbocycles. The average molecular weight is 427 g/mol. The van der Waals surface area contributed by atoms with Crippen molar-refractivity contribution >= 4 is 15.6 Å². The highest BCUT2D eigenvalue weighted by Gasteiger charge is 2.29. The van der Waals surface area contributed by atoms with Gasteiger partial charge in [0.2, 0.25) is 0 Å². The van der Waals surface area contributed by atoms with Crippen LogP contribution in [-0.2, 0) is 21.1 Å². The molecule has 1 aliphatic carbocycles. The molecule has 0 aromatic heterocycles. The van der Waals surface area contributed by atoms with Gasteiger partial charge in [0.15, 0.2) is 9.84 Å². The Morgan fingerprint density at radius 2 is 1.50 bits per heavy atom. The van der Waals surface area contributed by atoms with Crippen molar-refractivity contribution in [3.8, 4) is 11.1 Å². The van der Waals surface area contributed by atoms with Gasteiger partial charge in [-0.1, -0.05) is 42.5 Å². The van der Waals surface area contributed by atoms with E-state index >= 15 is 0 Å². The first-order valence-electron chi connectivity index (χ1n) is 11.1. The fraction of sp³-hybridized carbons (Fsp3) is 0.500. The van der Waals surface area contributed by atoms with E-state index in [9.17, 15) is 13.2 Å². The Bertz CT molecular complexity index is 979. The summed E-state index contributed by atoms with van der Waals surface area (Å²) >= 11 is 0. The summed E-state index contributed by atoms with van der Waals surface area (Å²) in [5, 5.41) is -0.316. The van der Waals surface area contributed by atoms with Crippen LogP contribution in [0.4, 0.5) is 0 Å². The monoisotopic (exact) mass is 426 g/mol. The lowest BCUT2D eigenvalue weighted by atomic mass is 9.79. The molecule has 0 unspecified atom stereocenters. The minimum absolute atomic E-state index is 0.0717. The molecule has 0 amide bonds. The predicted molar refractivity (Wildman–Crippen MR) is 124 cm³/mol.